The smallest absolute Gasteiger partial charge is 0.120 e. The van der Waals surface area contributed by atoms with E-state index in [4.69, 9.17) is 0 Å². The van der Waals surface area contributed by atoms with Gasteiger partial charge in [0.1, 0.15) is 6.29 Å². The van der Waals surface area contributed by atoms with Crippen LogP contribution in [-0.2, 0) is 11.2 Å². The first-order valence-corrected chi connectivity index (χ1v) is 6.09. The van der Waals surface area contributed by atoms with Crippen molar-refractivity contribution in [3.05, 3.63) is 77.9 Å². The van der Waals surface area contributed by atoms with E-state index in [2.05, 4.69) is 30.8 Å². The van der Waals surface area contributed by atoms with Gasteiger partial charge >= 0.3 is 0 Å². The van der Waals surface area contributed by atoms with Gasteiger partial charge in [-0.1, -0.05) is 61.2 Å². The lowest BCUT2D eigenvalue weighted by Gasteiger charge is -2.11. The molecule has 0 fully saturated rings. The normalized spacial score (nSPS) is 10.0. The Morgan fingerprint density at radius 3 is 2.39 bits per heavy atom. The lowest BCUT2D eigenvalue weighted by Crippen LogP contribution is -1.95. The van der Waals surface area contributed by atoms with Gasteiger partial charge in [-0.2, -0.15) is 0 Å². The molecule has 0 atom stereocenters. The van der Waals surface area contributed by atoms with Crippen LogP contribution in [0.2, 0.25) is 0 Å². The molecule has 0 aliphatic rings. The van der Waals surface area contributed by atoms with E-state index in [0.29, 0.717) is 6.42 Å². The number of benzene rings is 2. The number of hydrogen-bond donors (Lipinski definition) is 0. The molecule has 1 nitrogen and oxygen atoms in total. The van der Waals surface area contributed by atoms with Gasteiger partial charge in [0, 0.05) is 6.42 Å². The molecule has 0 N–H and O–H groups in total. The van der Waals surface area contributed by atoms with Crippen molar-refractivity contribution >= 4 is 11.9 Å². The summed E-state index contributed by atoms with van der Waals surface area (Å²) in [5.74, 6) is 0. The molecule has 0 aliphatic carbocycles. The minimum Gasteiger partial charge on any atom is -0.303 e. The predicted molar refractivity (Wildman–Crippen MR) is 75.4 cm³/mol. The van der Waals surface area contributed by atoms with E-state index in [1.54, 1.807) is 0 Å². The molecule has 0 amide bonds. The largest absolute Gasteiger partial charge is 0.303 e. The van der Waals surface area contributed by atoms with E-state index in [-0.39, 0.29) is 0 Å². The molecule has 0 unspecified atom stereocenters. The van der Waals surface area contributed by atoms with Gasteiger partial charge < -0.3 is 4.79 Å². The summed E-state index contributed by atoms with van der Waals surface area (Å²) in [5, 5.41) is 0. The number of carbonyl (C=O) groups excluding carboxylic acids is 1. The number of hydrogen-bond acceptors (Lipinski definition) is 1. The highest BCUT2D eigenvalue weighted by atomic mass is 16.1. The quantitative estimate of drug-likeness (QED) is 0.720. The van der Waals surface area contributed by atoms with Gasteiger partial charge in [-0.3, -0.25) is 0 Å². The van der Waals surface area contributed by atoms with Gasteiger partial charge in [-0.25, -0.2) is 0 Å². The van der Waals surface area contributed by atoms with Crippen LogP contribution in [0.5, 0.6) is 0 Å². The van der Waals surface area contributed by atoms with Crippen molar-refractivity contribution in [2.24, 2.45) is 0 Å². The summed E-state index contributed by atoms with van der Waals surface area (Å²) >= 11 is 0. The second-order valence-electron chi connectivity index (χ2n) is 4.21. The summed E-state index contributed by atoms with van der Waals surface area (Å²) in [6.45, 7) is 4.18. The Balaban J connectivity index is 2.33. The standard InChI is InChI=1S/C17H16O/c1-14(15-8-3-2-4-9-15)17-12-6-5-10-16(17)11-7-13-18/h2-6,8-10,12-13H,1,7,11H2. The SMILES string of the molecule is C=C(c1ccccc1)c1ccccc1CCC=O. The minimum atomic E-state index is 0.555. The summed E-state index contributed by atoms with van der Waals surface area (Å²) < 4.78 is 0. The zero-order chi connectivity index (χ0) is 12.8. The van der Waals surface area contributed by atoms with E-state index in [0.717, 1.165) is 29.4 Å². The molecule has 0 bridgehead atoms. The topological polar surface area (TPSA) is 17.1 Å². The van der Waals surface area contributed by atoms with Crippen molar-refractivity contribution < 1.29 is 4.79 Å². The van der Waals surface area contributed by atoms with Crippen molar-refractivity contribution in [3.8, 4) is 0 Å². The van der Waals surface area contributed by atoms with E-state index in [1.165, 1.54) is 5.56 Å². The molecule has 18 heavy (non-hydrogen) atoms. The van der Waals surface area contributed by atoms with Crippen LogP contribution in [0.4, 0.5) is 0 Å². The number of carbonyl (C=O) groups is 1. The summed E-state index contributed by atoms with van der Waals surface area (Å²) in [6.07, 6.45) is 2.28. The average molecular weight is 236 g/mol. The molecule has 0 radical (unpaired) electrons. The molecular weight excluding hydrogens is 220 g/mol. The highest BCUT2D eigenvalue weighted by Crippen LogP contribution is 2.25. The maximum atomic E-state index is 10.5. The van der Waals surface area contributed by atoms with E-state index >= 15 is 0 Å². The van der Waals surface area contributed by atoms with Crippen LogP contribution in [0.25, 0.3) is 5.57 Å². The molecule has 0 saturated heterocycles. The first-order chi connectivity index (χ1) is 8.83. The lowest BCUT2D eigenvalue weighted by atomic mass is 9.93. The van der Waals surface area contributed by atoms with Crippen molar-refractivity contribution in [2.75, 3.05) is 0 Å². The van der Waals surface area contributed by atoms with Crippen LogP contribution in [0.1, 0.15) is 23.1 Å². The Bertz CT molecular complexity index is 541. The highest BCUT2D eigenvalue weighted by Gasteiger charge is 2.06. The number of aryl methyl sites for hydroxylation is 1. The maximum Gasteiger partial charge on any atom is 0.120 e. The Kier molecular flexibility index (Phi) is 4.08. The molecule has 2 rings (SSSR count). The van der Waals surface area contributed by atoms with Crippen LogP contribution in [0.15, 0.2) is 61.2 Å². The molecular formula is C17H16O. The maximum absolute atomic E-state index is 10.5. The minimum absolute atomic E-state index is 0.555. The Hall–Kier alpha value is -2.15. The fourth-order valence-electron chi connectivity index (χ4n) is 2.04. The van der Waals surface area contributed by atoms with Gasteiger partial charge in [0.2, 0.25) is 0 Å². The third kappa shape index (κ3) is 2.75. The van der Waals surface area contributed by atoms with Crippen LogP contribution in [0, 0.1) is 0 Å². The summed E-state index contributed by atoms with van der Waals surface area (Å²) in [4.78, 5) is 10.5. The monoisotopic (exact) mass is 236 g/mol. The molecule has 0 spiro atoms. The molecule has 2 aromatic carbocycles. The van der Waals surface area contributed by atoms with Crippen molar-refractivity contribution in [1.82, 2.24) is 0 Å². The van der Waals surface area contributed by atoms with E-state index in [9.17, 15) is 4.79 Å². The second-order valence-corrected chi connectivity index (χ2v) is 4.21. The molecule has 1 heteroatoms. The summed E-state index contributed by atoms with van der Waals surface area (Å²) in [5.41, 5.74) is 4.44. The van der Waals surface area contributed by atoms with Gasteiger partial charge in [0.05, 0.1) is 0 Å². The summed E-state index contributed by atoms with van der Waals surface area (Å²) in [6, 6.07) is 18.3. The van der Waals surface area contributed by atoms with Crippen LogP contribution in [-0.4, -0.2) is 6.29 Å². The highest BCUT2D eigenvalue weighted by molar-refractivity contribution is 5.79. The van der Waals surface area contributed by atoms with Crippen molar-refractivity contribution in [2.45, 2.75) is 12.8 Å². The van der Waals surface area contributed by atoms with Gasteiger partial charge in [-0.05, 0) is 28.7 Å². The Morgan fingerprint density at radius 1 is 1.00 bits per heavy atom. The number of aldehydes is 1. The average Bonchev–Trinajstić information content (AvgIpc) is 2.45. The summed E-state index contributed by atoms with van der Waals surface area (Å²) in [7, 11) is 0. The van der Waals surface area contributed by atoms with E-state index < -0.39 is 0 Å². The zero-order valence-electron chi connectivity index (χ0n) is 10.3. The molecule has 0 aromatic heterocycles. The third-order valence-corrected chi connectivity index (χ3v) is 3.00. The lowest BCUT2D eigenvalue weighted by molar-refractivity contribution is -0.107. The third-order valence-electron chi connectivity index (χ3n) is 3.00. The first kappa shape index (κ1) is 12.3. The van der Waals surface area contributed by atoms with Crippen LogP contribution >= 0.6 is 0 Å². The zero-order valence-corrected chi connectivity index (χ0v) is 10.3. The Labute approximate surface area is 108 Å². The van der Waals surface area contributed by atoms with Crippen molar-refractivity contribution in [3.63, 3.8) is 0 Å². The van der Waals surface area contributed by atoms with Gasteiger partial charge in [0.25, 0.3) is 0 Å². The van der Waals surface area contributed by atoms with Crippen LogP contribution in [0.3, 0.4) is 0 Å². The molecule has 90 valence electrons. The first-order valence-electron chi connectivity index (χ1n) is 6.09. The van der Waals surface area contributed by atoms with Gasteiger partial charge in [0.15, 0.2) is 0 Å². The fraction of sp³-hybridized carbons (Fsp3) is 0.118. The Morgan fingerprint density at radius 2 is 1.67 bits per heavy atom. The van der Waals surface area contributed by atoms with Gasteiger partial charge in [-0.15, -0.1) is 0 Å². The molecule has 0 aliphatic heterocycles. The van der Waals surface area contributed by atoms with Crippen LogP contribution < -0.4 is 0 Å². The predicted octanol–water partition coefficient (Wildman–Crippen LogP) is 3.88. The van der Waals surface area contributed by atoms with E-state index in [1.807, 2.05) is 30.3 Å². The van der Waals surface area contributed by atoms with Crippen molar-refractivity contribution in [1.29, 1.82) is 0 Å². The molecule has 0 saturated carbocycles. The second kappa shape index (κ2) is 5.97. The molecule has 2 aromatic rings. The molecule has 0 heterocycles. The number of rotatable bonds is 5. The fourth-order valence-corrected chi connectivity index (χ4v) is 2.04.